The number of aromatic nitrogens is 1. The van der Waals surface area contributed by atoms with Gasteiger partial charge in [0.2, 0.25) is 0 Å². The number of carbonyl (C=O) groups excluding carboxylic acids is 1. The number of amides is 1. The summed E-state index contributed by atoms with van der Waals surface area (Å²) in [5.74, 6) is -0.308. The van der Waals surface area contributed by atoms with Crippen molar-refractivity contribution in [1.29, 1.82) is 0 Å². The van der Waals surface area contributed by atoms with Crippen molar-refractivity contribution < 1.29 is 9.72 Å². The van der Waals surface area contributed by atoms with Gasteiger partial charge >= 0.3 is 0 Å². The number of aryl methyl sites for hydroxylation is 1. The first-order chi connectivity index (χ1) is 10.6. The zero-order chi connectivity index (χ0) is 15.9. The van der Waals surface area contributed by atoms with Crippen LogP contribution in [0.25, 0.3) is 0 Å². The molecule has 0 atom stereocenters. The molecule has 0 saturated carbocycles. The lowest BCUT2D eigenvalue weighted by molar-refractivity contribution is -0.384. The smallest absolute Gasteiger partial charge is 0.287 e. The molecular formula is C15H14ClN3O3. The molecule has 0 aliphatic rings. The van der Waals surface area contributed by atoms with E-state index in [1.165, 1.54) is 18.2 Å². The Balaban J connectivity index is 1.85. The molecule has 114 valence electrons. The third kappa shape index (κ3) is 4.26. The third-order valence-corrected chi connectivity index (χ3v) is 3.33. The molecule has 2 aromatic rings. The molecule has 2 rings (SSSR count). The molecule has 1 aromatic heterocycles. The summed E-state index contributed by atoms with van der Waals surface area (Å²) in [4.78, 5) is 26.2. The number of nitrogens with one attached hydrogen (secondary N) is 1. The Morgan fingerprint density at radius 1 is 1.32 bits per heavy atom. The Hall–Kier alpha value is -2.47. The van der Waals surface area contributed by atoms with E-state index in [4.69, 9.17) is 11.6 Å². The number of halogens is 1. The first-order valence-corrected chi connectivity index (χ1v) is 7.08. The number of benzene rings is 1. The summed E-state index contributed by atoms with van der Waals surface area (Å²) in [5.41, 5.74) is 1.05. The molecule has 1 aromatic carbocycles. The van der Waals surface area contributed by atoms with Gasteiger partial charge in [0, 0.05) is 30.1 Å². The Morgan fingerprint density at radius 3 is 2.77 bits per heavy atom. The summed E-state index contributed by atoms with van der Waals surface area (Å²) in [5, 5.41) is 13.4. The maximum absolute atomic E-state index is 11.9. The number of pyridine rings is 1. The highest BCUT2D eigenvalue weighted by Crippen LogP contribution is 2.24. The Morgan fingerprint density at radius 2 is 2.14 bits per heavy atom. The highest BCUT2D eigenvalue weighted by atomic mass is 35.5. The molecule has 0 unspecified atom stereocenters. The summed E-state index contributed by atoms with van der Waals surface area (Å²) >= 11 is 5.78. The average Bonchev–Trinajstić information content (AvgIpc) is 2.52. The standard InChI is InChI=1S/C15H14ClN3O3/c16-13-10-11(6-7-14(13)19(21)22)15(20)18-9-3-5-12-4-1-2-8-17-12/h1-2,4,6-8,10H,3,5,9H2,(H,18,20). The van der Waals surface area contributed by atoms with Crippen LogP contribution in [0.2, 0.25) is 5.02 Å². The Labute approximate surface area is 132 Å². The minimum Gasteiger partial charge on any atom is -0.352 e. The summed E-state index contributed by atoms with van der Waals surface area (Å²) in [6.45, 7) is 0.490. The molecule has 0 saturated heterocycles. The van der Waals surface area contributed by atoms with Gasteiger partial charge in [-0.15, -0.1) is 0 Å². The lowest BCUT2D eigenvalue weighted by atomic mass is 10.2. The van der Waals surface area contributed by atoms with Crippen molar-refractivity contribution in [3.05, 3.63) is 69.0 Å². The zero-order valence-electron chi connectivity index (χ0n) is 11.7. The van der Waals surface area contributed by atoms with Crippen molar-refractivity contribution in [1.82, 2.24) is 10.3 Å². The highest BCUT2D eigenvalue weighted by molar-refractivity contribution is 6.33. The number of hydrogen-bond acceptors (Lipinski definition) is 4. The quantitative estimate of drug-likeness (QED) is 0.504. The minimum atomic E-state index is -0.586. The fourth-order valence-electron chi connectivity index (χ4n) is 1.92. The molecule has 0 bridgehead atoms. The lowest BCUT2D eigenvalue weighted by Gasteiger charge is -2.05. The van der Waals surface area contributed by atoms with Crippen LogP contribution in [0.3, 0.4) is 0 Å². The zero-order valence-corrected chi connectivity index (χ0v) is 12.4. The highest BCUT2D eigenvalue weighted by Gasteiger charge is 2.14. The number of rotatable bonds is 6. The molecule has 1 heterocycles. The van der Waals surface area contributed by atoms with Crippen LogP contribution in [-0.2, 0) is 6.42 Å². The van der Waals surface area contributed by atoms with Crippen LogP contribution in [0.1, 0.15) is 22.5 Å². The van der Waals surface area contributed by atoms with Crippen molar-refractivity contribution in [3.63, 3.8) is 0 Å². The second kappa shape index (κ2) is 7.51. The van der Waals surface area contributed by atoms with Gasteiger partial charge in [-0.3, -0.25) is 19.9 Å². The SMILES string of the molecule is O=C(NCCCc1ccccn1)c1ccc([N+](=O)[O-])c(Cl)c1. The van der Waals surface area contributed by atoms with Gasteiger partial charge < -0.3 is 5.32 Å². The van der Waals surface area contributed by atoms with E-state index in [0.29, 0.717) is 12.1 Å². The number of nitrogens with zero attached hydrogens (tertiary/aromatic N) is 2. The fraction of sp³-hybridized carbons (Fsp3) is 0.200. The molecule has 0 fully saturated rings. The molecular weight excluding hydrogens is 306 g/mol. The summed E-state index contributed by atoms with van der Waals surface area (Å²) in [6, 6.07) is 9.61. The van der Waals surface area contributed by atoms with E-state index in [2.05, 4.69) is 10.3 Å². The van der Waals surface area contributed by atoms with E-state index in [1.807, 2.05) is 18.2 Å². The van der Waals surface area contributed by atoms with Crippen molar-refractivity contribution in [3.8, 4) is 0 Å². The van der Waals surface area contributed by atoms with Crippen LogP contribution in [0.15, 0.2) is 42.6 Å². The van der Waals surface area contributed by atoms with Crippen LogP contribution < -0.4 is 5.32 Å². The van der Waals surface area contributed by atoms with Gasteiger partial charge in [-0.05, 0) is 37.1 Å². The summed E-state index contributed by atoms with van der Waals surface area (Å²) in [7, 11) is 0. The van der Waals surface area contributed by atoms with E-state index in [-0.39, 0.29) is 16.6 Å². The molecule has 6 nitrogen and oxygen atoms in total. The Kier molecular flexibility index (Phi) is 5.43. The van der Waals surface area contributed by atoms with Crippen molar-refractivity contribution in [2.75, 3.05) is 6.54 Å². The molecule has 1 amide bonds. The third-order valence-electron chi connectivity index (χ3n) is 3.03. The molecule has 0 aliphatic heterocycles. The van der Waals surface area contributed by atoms with Gasteiger partial charge in [0.1, 0.15) is 5.02 Å². The maximum atomic E-state index is 11.9. The molecule has 0 spiro atoms. The summed E-state index contributed by atoms with van der Waals surface area (Å²) in [6.07, 6.45) is 3.25. The number of nitro benzene ring substituents is 1. The number of hydrogen-bond donors (Lipinski definition) is 1. The van der Waals surface area contributed by atoms with Crippen LogP contribution in [0.4, 0.5) is 5.69 Å². The largest absolute Gasteiger partial charge is 0.352 e. The van der Waals surface area contributed by atoms with Crippen LogP contribution in [0, 0.1) is 10.1 Å². The van der Waals surface area contributed by atoms with Gasteiger partial charge in [-0.1, -0.05) is 17.7 Å². The van der Waals surface area contributed by atoms with Gasteiger partial charge in [0.05, 0.1) is 4.92 Å². The molecule has 1 N–H and O–H groups in total. The van der Waals surface area contributed by atoms with E-state index in [9.17, 15) is 14.9 Å². The molecule has 0 aliphatic carbocycles. The first-order valence-electron chi connectivity index (χ1n) is 6.70. The Bertz CT molecular complexity index is 677. The van der Waals surface area contributed by atoms with E-state index in [0.717, 1.165) is 18.5 Å². The second-order valence-electron chi connectivity index (χ2n) is 4.60. The molecule has 0 radical (unpaired) electrons. The summed E-state index contributed by atoms with van der Waals surface area (Å²) < 4.78 is 0. The van der Waals surface area contributed by atoms with Crippen molar-refractivity contribution in [2.24, 2.45) is 0 Å². The van der Waals surface area contributed by atoms with Crippen molar-refractivity contribution in [2.45, 2.75) is 12.8 Å². The molecule has 7 heteroatoms. The van der Waals surface area contributed by atoms with Gasteiger partial charge in [0.15, 0.2) is 0 Å². The minimum absolute atomic E-state index is 0.0499. The van der Waals surface area contributed by atoms with Crippen molar-refractivity contribution >= 4 is 23.2 Å². The monoisotopic (exact) mass is 319 g/mol. The van der Waals surface area contributed by atoms with E-state index < -0.39 is 4.92 Å². The average molecular weight is 320 g/mol. The van der Waals surface area contributed by atoms with Gasteiger partial charge in [0.25, 0.3) is 11.6 Å². The fourth-order valence-corrected chi connectivity index (χ4v) is 2.17. The lowest BCUT2D eigenvalue weighted by Crippen LogP contribution is -2.24. The predicted molar refractivity (Wildman–Crippen MR) is 83.0 cm³/mol. The maximum Gasteiger partial charge on any atom is 0.287 e. The first kappa shape index (κ1) is 15.9. The number of nitro groups is 1. The van der Waals surface area contributed by atoms with E-state index >= 15 is 0 Å². The topological polar surface area (TPSA) is 85.1 Å². The van der Waals surface area contributed by atoms with Gasteiger partial charge in [-0.25, -0.2) is 0 Å². The normalized spacial score (nSPS) is 10.2. The van der Waals surface area contributed by atoms with Crippen LogP contribution >= 0.6 is 11.6 Å². The van der Waals surface area contributed by atoms with Crippen LogP contribution in [0.5, 0.6) is 0 Å². The van der Waals surface area contributed by atoms with Gasteiger partial charge in [-0.2, -0.15) is 0 Å². The van der Waals surface area contributed by atoms with Crippen LogP contribution in [-0.4, -0.2) is 22.4 Å². The molecule has 22 heavy (non-hydrogen) atoms. The predicted octanol–water partition coefficient (Wildman–Crippen LogP) is 3.01. The number of carbonyl (C=O) groups is 1. The second-order valence-corrected chi connectivity index (χ2v) is 5.01. The van der Waals surface area contributed by atoms with E-state index in [1.54, 1.807) is 6.20 Å².